The third-order valence-electron chi connectivity index (χ3n) is 3.88. The van der Waals surface area contributed by atoms with Gasteiger partial charge in [-0.15, -0.1) is 0 Å². The van der Waals surface area contributed by atoms with Crippen LogP contribution in [-0.4, -0.2) is 24.3 Å². The molecule has 130 valence electrons. The Morgan fingerprint density at radius 3 is 2.14 bits per heavy atom. The van der Waals surface area contributed by atoms with Crippen LogP contribution in [0.15, 0.2) is 11.6 Å². The molecule has 0 unspecified atom stereocenters. The fourth-order valence-electron chi connectivity index (χ4n) is 2.52. The maximum absolute atomic E-state index is 11.2. The third-order valence-corrected chi connectivity index (χ3v) is 3.88. The lowest BCUT2D eigenvalue weighted by molar-refractivity contribution is -0.143. The summed E-state index contributed by atoms with van der Waals surface area (Å²) in [5.41, 5.74) is 1.06. The van der Waals surface area contributed by atoms with Crippen LogP contribution in [0.25, 0.3) is 0 Å². The number of esters is 1. The van der Waals surface area contributed by atoms with Gasteiger partial charge in [-0.2, -0.15) is 0 Å². The van der Waals surface area contributed by atoms with E-state index in [2.05, 4.69) is 13.0 Å². The van der Waals surface area contributed by atoms with Crippen LogP contribution in [0.1, 0.15) is 90.9 Å². The molecular weight excluding hydrogens is 276 g/mol. The molecule has 3 nitrogen and oxygen atoms in total. The van der Waals surface area contributed by atoms with Gasteiger partial charge in [0.2, 0.25) is 0 Å². The molecule has 0 bridgehead atoms. The molecule has 0 atom stereocenters. The highest BCUT2D eigenvalue weighted by atomic mass is 16.5. The normalized spacial score (nSPS) is 11.7. The summed E-state index contributed by atoms with van der Waals surface area (Å²) in [5, 5.41) is 9.33. The van der Waals surface area contributed by atoms with E-state index >= 15 is 0 Å². The van der Waals surface area contributed by atoms with E-state index in [9.17, 15) is 9.90 Å². The van der Waals surface area contributed by atoms with Crippen LogP contribution in [0.3, 0.4) is 0 Å². The van der Waals surface area contributed by atoms with Crippen molar-refractivity contribution in [2.45, 2.75) is 90.9 Å². The average Bonchev–Trinajstić information content (AvgIpc) is 2.51. The molecule has 0 aromatic rings. The van der Waals surface area contributed by atoms with Crippen molar-refractivity contribution < 1.29 is 14.6 Å². The molecule has 22 heavy (non-hydrogen) atoms. The van der Waals surface area contributed by atoms with Crippen molar-refractivity contribution in [3.05, 3.63) is 11.6 Å². The first-order valence-corrected chi connectivity index (χ1v) is 9.18. The minimum Gasteiger partial charge on any atom is -0.466 e. The summed E-state index contributed by atoms with van der Waals surface area (Å²) in [6.07, 6.45) is 15.8. The lowest BCUT2D eigenvalue weighted by Gasteiger charge is -2.05. The molecular formula is C19H36O3. The number of ether oxygens (including phenoxy) is 1. The molecule has 0 fully saturated rings. The first-order valence-electron chi connectivity index (χ1n) is 9.18. The van der Waals surface area contributed by atoms with E-state index in [1.54, 1.807) is 0 Å². The Hall–Kier alpha value is -0.830. The number of allylic oxidation sites excluding steroid dienone is 1. The number of carbonyl (C=O) groups excluding carboxylic acids is 1. The molecule has 0 rings (SSSR count). The molecule has 0 heterocycles. The zero-order chi connectivity index (χ0) is 16.5. The maximum Gasteiger partial charge on any atom is 0.305 e. The molecule has 0 radical (unpaired) electrons. The highest BCUT2D eigenvalue weighted by Crippen LogP contribution is 2.13. The van der Waals surface area contributed by atoms with Crippen molar-refractivity contribution in [2.24, 2.45) is 0 Å². The lowest BCUT2D eigenvalue weighted by atomic mass is 10.0. The van der Waals surface area contributed by atoms with E-state index in [-0.39, 0.29) is 12.6 Å². The van der Waals surface area contributed by atoms with Crippen LogP contribution < -0.4 is 0 Å². The zero-order valence-electron chi connectivity index (χ0n) is 14.7. The van der Waals surface area contributed by atoms with E-state index in [0.717, 1.165) is 24.8 Å². The van der Waals surface area contributed by atoms with E-state index in [1.165, 1.54) is 51.4 Å². The molecule has 0 aromatic heterocycles. The van der Waals surface area contributed by atoms with Crippen molar-refractivity contribution in [1.29, 1.82) is 0 Å². The van der Waals surface area contributed by atoms with Crippen LogP contribution in [0, 0.1) is 0 Å². The molecule has 0 aromatic carbocycles. The third kappa shape index (κ3) is 14.1. The highest BCUT2D eigenvalue weighted by molar-refractivity contribution is 5.69. The molecule has 0 aliphatic heterocycles. The van der Waals surface area contributed by atoms with Crippen LogP contribution in [0.2, 0.25) is 0 Å². The van der Waals surface area contributed by atoms with Gasteiger partial charge in [0.25, 0.3) is 0 Å². The quantitative estimate of drug-likeness (QED) is 0.258. The van der Waals surface area contributed by atoms with E-state index in [1.807, 2.05) is 6.92 Å². The smallest absolute Gasteiger partial charge is 0.305 e. The van der Waals surface area contributed by atoms with Crippen molar-refractivity contribution in [3.63, 3.8) is 0 Å². The van der Waals surface area contributed by atoms with Gasteiger partial charge < -0.3 is 9.84 Å². The minimum absolute atomic E-state index is 0.111. The van der Waals surface area contributed by atoms with Gasteiger partial charge in [-0.1, -0.05) is 57.9 Å². The first kappa shape index (κ1) is 21.2. The predicted molar refractivity (Wildman–Crippen MR) is 92.9 cm³/mol. The molecule has 0 saturated carbocycles. The standard InChI is InChI=1S/C19H36O3/c1-3-5-6-7-8-9-10-11-12-14-18(17-20)15-13-16-19(21)22-4-2/h14,20H,3-13,15-17H2,1-2H3/b18-14-. The second-order valence-corrected chi connectivity index (χ2v) is 5.94. The number of aliphatic hydroxyl groups excluding tert-OH is 1. The van der Waals surface area contributed by atoms with Gasteiger partial charge in [0.15, 0.2) is 0 Å². The first-order chi connectivity index (χ1) is 10.7. The second-order valence-electron chi connectivity index (χ2n) is 5.94. The lowest BCUT2D eigenvalue weighted by Crippen LogP contribution is -2.04. The van der Waals surface area contributed by atoms with Gasteiger partial charge in [-0.25, -0.2) is 0 Å². The Morgan fingerprint density at radius 2 is 1.55 bits per heavy atom. The Balaban J connectivity index is 3.56. The molecule has 3 heteroatoms. The summed E-state index contributed by atoms with van der Waals surface area (Å²) >= 11 is 0. The van der Waals surface area contributed by atoms with E-state index in [4.69, 9.17) is 4.74 Å². The molecule has 0 aliphatic rings. The Bertz CT molecular complexity index is 284. The number of hydrogen-bond donors (Lipinski definition) is 1. The fourth-order valence-corrected chi connectivity index (χ4v) is 2.52. The largest absolute Gasteiger partial charge is 0.466 e. The van der Waals surface area contributed by atoms with Crippen LogP contribution in [-0.2, 0) is 9.53 Å². The molecule has 1 N–H and O–H groups in total. The highest BCUT2D eigenvalue weighted by Gasteiger charge is 2.02. The molecule has 0 amide bonds. The summed E-state index contributed by atoms with van der Waals surface area (Å²) < 4.78 is 4.90. The Labute approximate surface area is 137 Å². The Morgan fingerprint density at radius 1 is 0.909 bits per heavy atom. The summed E-state index contributed by atoms with van der Waals surface area (Å²) in [4.78, 5) is 11.2. The topological polar surface area (TPSA) is 46.5 Å². The summed E-state index contributed by atoms with van der Waals surface area (Å²) in [7, 11) is 0. The summed E-state index contributed by atoms with van der Waals surface area (Å²) in [6.45, 7) is 4.62. The Kier molecular flexibility index (Phi) is 15.9. The zero-order valence-corrected chi connectivity index (χ0v) is 14.7. The number of aliphatic hydroxyl groups is 1. The molecule has 0 spiro atoms. The van der Waals surface area contributed by atoms with E-state index < -0.39 is 0 Å². The van der Waals surface area contributed by atoms with Crippen LogP contribution >= 0.6 is 0 Å². The van der Waals surface area contributed by atoms with Crippen molar-refractivity contribution in [1.82, 2.24) is 0 Å². The van der Waals surface area contributed by atoms with Gasteiger partial charge in [-0.05, 0) is 38.2 Å². The van der Waals surface area contributed by atoms with Crippen molar-refractivity contribution >= 4 is 5.97 Å². The number of carbonyl (C=O) groups is 1. The van der Waals surface area contributed by atoms with Gasteiger partial charge >= 0.3 is 5.97 Å². The fraction of sp³-hybridized carbons (Fsp3) is 0.842. The van der Waals surface area contributed by atoms with Crippen molar-refractivity contribution in [3.8, 4) is 0 Å². The second kappa shape index (κ2) is 16.5. The molecule has 0 aliphatic carbocycles. The average molecular weight is 312 g/mol. The van der Waals surface area contributed by atoms with E-state index in [0.29, 0.717) is 13.0 Å². The predicted octanol–water partition coefficient (Wildman–Crippen LogP) is 5.17. The summed E-state index contributed by atoms with van der Waals surface area (Å²) in [6, 6.07) is 0. The number of unbranched alkanes of at least 4 members (excludes halogenated alkanes) is 8. The van der Waals surface area contributed by atoms with Crippen LogP contribution in [0.5, 0.6) is 0 Å². The SMILES string of the molecule is CCCCCCCCCC/C=C(\CO)CCCC(=O)OCC. The van der Waals surface area contributed by atoms with Crippen molar-refractivity contribution in [2.75, 3.05) is 13.2 Å². The maximum atomic E-state index is 11.2. The summed E-state index contributed by atoms with van der Waals surface area (Å²) in [5.74, 6) is -0.136. The van der Waals surface area contributed by atoms with Crippen LogP contribution in [0.4, 0.5) is 0 Å². The minimum atomic E-state index is -0.136. The van der Waals surface area contributed by atoms with Gasteiger partial charge in [0, 0.05) is 6.42 Å². The van der Waals surface area contributed by atoms with Gasteiger partial charge in [0.05, 0.1) is 13.2 Å². The molecule has 0 saturated heterocycles. The monoisotopic (exact) mass is 312 g/mol. The number of rotatable bonds is 15. The number of hydrogen-bond acceptors (Lipinski definition) is 3. The van der Waals surface area contributed by atoms with Gasteiger partial charge in [-0.3, -0.25) is 4.79 Å². The van der Waals surface area contributed by atoms with Gasteiger partial charge in [0.1, 0.15) is 0 Å².